The van der Waals surface area contributed by atoms with E-state index < -0.39 is 0 Å². The van der Waals surface area contributed by atoms with Crippen molar-refractivity contribution >= 4 is 17.6 Å². The molecule has 0 spiro atoms. The number of H-pyrrole nitrogens is 1. The van der Waals surface area contributed by atoms with Crippen molar-refractivity contribution in [3.8, 4) is 0 Å². The summed E-state index contributed by atoms with van der Waals surface area (Å²) in [6.45, 7) is 4.37. The maximum atomic E-state index is 12.7. The molecule has 0 unspecified atom stereocenters. The van der Waals surface area contributed by atoms with E-state index in [0.717, 1.165) is 12.0 Å². The number of rotatable bonds is 6. The van der Waals surface area contributed by atoms with Gasteiger partial charge in [-0.15, -0.1) is 0 Å². The highest BCUT2D eigenvalue weighted by Gasteiger charge is 2.15. The molecule has 3 aromatic heterocycles. The van der Waals surface area contributed by atoms with Crippen molar-refractivity contribution in [2.24, 2.45) is 0 Å². The van der Waals surface area contributed by atoms with Crippen molar-refractivity contribution in [1.82, 2.24) is 29.4 Å². The number of aromatic nitrogens is 6. The van der Waals surface area contributed by atoms with Crippen LogP contribution in [0.1, 0.15) is 40.5 Å². The number of anilines is 1. The number of nitrogens with zero attached hydrogens (tertiary/aromatic N) is 5. The molecular weight excluding hydrogens is 370 g/mol. The molecule has 0 bridgehead atoms. The summed E-state index contributed by atoms with van der Waals surface area (Å²) in [6, 6.07) is 9.12. The Morgan fingerprint density at radius 1 is 1.24 bits per heavy atom. The highest BCUT2D eigenvalue weighted by atomic mass is 16.2. The summed E-state index contributed by atoms with van der Waals surface area (Å²) < 4.78 is 3.05. The largest absolute Gasteiger partial charge is 0.291 e. The summed E-state index contributed by atoms with van der Waals surface area (Å²) >= 11 is 0. The molecule has 9 nitrogen and oxygen atoms in total. The second-order valence-corrected chi connectivity index (χ2v) is 6.80. The Morgan fingerprint density at radius 3 is 2.86 bits per heavy atom. The molecule has 2 N–H and O–H groups in total. The number of aryl methyl sites for hydroxylation is 1. The SMILES string of the molecule is CCCc1c(C)nc2nc(NC(=O)c3cccc(Cn4cccn4)c3)[nH]n2c1=O. The monoisotopic (exact) mass is 391 g/mol. The first-order valence-corrected chi connectivity index (χ1v) is 9.41. The first-order chi connectivity index (χ1) is 14.0. The number of carbonyl (C=O) groups excluding carboxylic acids is 1. The van der Waals surface area contributed by atoms with E-state index in [1.807, 2.05) is 31.3 Å². The van der Waals surface area contributed by atoms with Crippen LogP contribution in [0.5, 0.6) is 0 Å². The summed E-state index contributed by atoms with van der Waals surface area (Å²) in [4.78, 5) is 33.9. The minimum atomic E-state index is -0.329. The molecule has 0 saturated heterocycles. The van der Waals surface area contributed by atoms with E-state index in [0.29, 0.717) is 29.8 Å². The molecule has 0 aliphatic carbocycles. The van der Waals surface area contributed by atoms with Gasteiger partial charge in [-0.05, 0) is 37.1 Å². The van der Waals surface area contributed by atoms with Crippen LogP contribution in [0.2, 0.25) is 0 Å². The molecule has 9 heteroatoms. The Morgan fingerprint density at radius 2 is 2.10 bits per heavy atom. The van der Waals surface area contributed by atoms with Crippen molar-refractivity contribution in [3.63, 3.8) is 0 Å². The lowest BCUT2D eigenvalue weighted by atomic mass is 10.1. The van der Waals surface area contributed by atoms with Gasteiger partial charge >= 0.3 is 0 Å². The van der Waals surface area contributed by atoms with Gasteiger partial charge in [0.05, 0.1) is 12.2 Å². The highest BCUT2D eigenvalue weighted by molar-refractivity contribution is 6.03. The minimum Gasteiger partial charge on any atom is -0.291 e. The third kappa shape index (κ3) is 3.79. The fraction of sp³-hybridized carbons (Fsp3) is 0.250. The van der Waals surface area contributed by atoms with Crippen molar-refractivity contribution in [3.05, 3.63) is 75.5 Å². The predicted molar refractivity (Wildman–Crippen MR) is 108 cm³/mol. The van der Waals surface area contributed by atoms with Gasteiger partial charge in [0.1, 0.15) is 0 Å². The van der Waals surface area contributed by atoms with Gasteiger partial charge in [-0.25, -0.2) is 4.98 Å². The van der Waals surface area contributed by atoms with Crippen LogP contribution in [-0.2, 0) is 13.0 Å². The maximum absolute atomic E-state index is 12.7. The number of fused-ring (bicyclic) bond motifs is 1. The Balaban J connectivity index is 1.57. The van der Waals surface area contributed by atoms with Gasteiger partial charge in [0.25, 0.3) is 17.2 Å². The molecule has 0 saturated carbocycles. The van der Waals surface area contributed by atoms with E-state index >= 15 is 0 Å². The van der Waals surface area contributed by atoms with Crippen LogP contribution in [0.25, 0.3) is 5.78 Å². The number of amides is 1. The summed E-state index contributed by atoms with van der Waals surface area (Å²) in [5.41, 5.74) is 2.55. The van der Waals surface area contributed by atoms with E-state index in [2.05, 4.69) is 25.5 Å². The molecule has 3 heterocycles. The predicted octanol–water partition coefficient (Wildman–Crippen LogP) is 2.18. The summed E-state index contributed by atoms with van der Waals surface area (Å²) in [7, 11) is 0. The molecular formula is C20H21N7O2. The molecule has 148 valence electrons. The van der Waals surface area contributed by atoms with Crippen molar-refractivity contribution in [1.29, 1.82) is 0 Å². The maximum Gasteiger partial charge on any atom is 0.277 e. The lowest BCUT2D eigenvalue weighted by Gasteiger charge is -2.05. The molecule has 29 heavy (non-hydrogen) atoms. The van der Waals surface area contributed by atoms with Crippen molar-refractivity contribution < 1.29 is 4.79 Å². The Kier molecular flexibility index (Phi) is 4.94. The highest BCUT2D eigenvalue weighted by Crippen LogP contribution is 2.11. The van der Waals surface area contributed by atoms with Crippen LogP contribution in [0.15, 0.2) is 47.5 Å². The van der Waals surface area contributed by atoms with E-state index in [1.54, 1.807) is 29.9 Å². The molecule has 4 aromatic rings. The van der Waals surface area contributed by atoms with Gasteiger partial charge < -0.3 is 0 Å². The van der Waals surface area contributed by atoms with Gasteiger partial charge in [-0.3, -0.25) is 24.7 Å². The minimum absolute atomic E-state index is 0.171. The number of aromatic amines is 1. The number of benzene rings is 1. The third-order valence-corrected chi connectivity index (χ3v) is 4.62. The van der Waals surface area contributed by atoms with Crippen LogP contribution in [-0.4, -0.2) is 35.3 Å². The lowest BCUT2D eigenvalue weighted by molar-refractivity contribution is 0.102. The van der Waals surface area contributed by atoms with Crippen LogP contribution < -0.4 is 10.9 Å². The number of nitrogens with one attached hydrogen (secondary N) is 2. The Hall–Kier alpha value is -3.75. The second-order valence-electron chi connectivity index (χ2n) is 6.80. The summed E-state index contributed by atoms with van der Waals surface area (Å²) in [6.07, 6.45) is 5.06. The molecule has 0 fully saturated rings. The van der Waals surface area contributed by atoms with Crippen LogP contribution in [0.3, 0.4) is 0 Å². The zero-order chi connectivity index (χ0) is 20.4. The fourth-order valence-electron chi connectivity index (χ4n) is 3.22. The van der Waals surface area contributed by atoms with Gasteiger partial charge in [-0.1, -0.05) is 25.5 Å². The van der Waals surface area contributed by atoms with Crippen molar-refractivity contribution in [2.75, 3.05) is 5.32 Å². The van der Waals surface area contributed by atoms with E-state index in [9.17, 15) is 9.59 Å². The Bertz CT molecular complexity index is 1220. The van der Waals surface area contributed by atoms with Crippen LogP contribution in [0, 0.1) is 6.92 Å². The zero-order valence-corrected chi connectivity index (χ0v) is 16.2. The van der Waals surface area contributed by atoms with Crippen LogP contribution >= 0.6 is 0 Å². The normalized spacial score (nSPS) is 11.1. The van der Waals surface area contributed by atoms with E-state index in [4.69, 9.17) is 0 Å². The summed E-state index contributed by atoms with van der Waals surface area (Å²) in [5, 5.41) is 9.71. The molecule has 0 aliphatic heterocycles. The fourth-order valence-corrected chi connectivity index (χ4v) is 3.22. The van der Waals surface area contributed by atoms with Crippen molar-refractivity contribution in [2.45, 2.75) is 33.2 Å². The topological polar surface area (TPSA) is 110 Å². The zero-order valence-electron chi connectivity index (χ0n) is 16.2. The van der Waals surface area contributed by atoms with Gasteiger partial charge in [0, 0.05) is 23.5 Å². The smallest absolute Gasteiger partial charge is 0.277 e. The number of hydrogen-bond acceptors (Lipinski definition) is 5. The van der Waals surface area contributed by atoms with Gasteiger partial charge in [0.15, 0.2) is 0 Å². The van der Waals surface area contributed by atoms with Crippen LogP contribution in [0.4, 0.5) is 5.95 Å². The molecule has 1 amide bonds. The van der Waals surface area contributed by atoms with Gasteiger partial charge in [-0.2, -0.15) is 14.6 Å². The lowest BCUT2D eigenvalue weighted by Crippen LogP contribution is -2.22. The molecule has 1 aromatic carbocycles. The molecule has 0 atom stereocenters. The quantitative estimate of drug-likeness (QED) is 0.523. The standard InChI is InChI=1S/C20H21N7O2/c1-3-6-16-13(2)22-20-24-19(25-27(20)18(16)29)23-17(28)15-8-4-7-14(11-15)12-26-10-5-9-21-26/h4-5,7-11H,3,6,12H2,1-2H3,(H2,22,23,24,25,28). The van der Waals surface area contributed by atoms with E-state index in [1.165, 1.54) is 4.52 Å². The average molecular weight is 391 g/mol. The van der Waals surface area contributed by atoms with Gasteiger partial charge in [0.2, 0.25) is 5.95 Å². The first-order valence-electron chi connectivity index (χ1n) is 9.41. The molecule has 0 aliphatic rings. The first kappa shape index (κ1) is 18.6. The molecule has 0 radical (unpaired) electrons. The average Bonchev–Trinajstić information content (AvgIpc) is 3.35. The number of hydrogen-bond donors (Lipinski definition) is 2. The summed E-state index contributed by atoms with van der Waals surface area (Å²) in [5.74, 6) is 0.0742. The second kappa shape index (κ2) is 7.70. The molecule has 4 rings (SSSR count). The third-order valence-electron chi connectivity index (χ3n) is 4.62. The Labute approximate surface area is 166 Å². The van der Waals surface area contributed by atoms with E-state index in [-0.39, 0.29) is 23.2 Å². The number of carbonyl (C=O) groups is 1.